The van der Waals surface area contributed by atoms with Gasteiger partial charge in [-0.1, -0.05) is 19.9 Å². The number of ether oxygens (including phenoxy) is 1. The van der Waals surface area contributed by atoms with E-state index in [1.54, 1.807) is 7.11 Å². The largest absolute Gasteiger partial charge is 0.380 e. The minimum atomic E-state index is 0.349. The summed E-state index contributed by atoms with van der Waals surface area (Å²) in [5, 5.41) is 3.26. The van der Waals surface area contributed by atoms with Crippen LogP contribution in [0.4, 0.5) is 0 Å². The van der Waals surface area contributed by atoms with Crippen LogP contribution in [0.2, 0.25) is 0 Å². The van der Waals surface area contributed by atoms with Gasteiger partial charge in [-0.25, -0.2) is 0 Å². The van der Waals surface area contributed by atoms with Crippen molar-refractivity contribution in [2.45, 2.75) is 20.3 Å². The van der Waals surface area contributed by atoms with Crippen molar-refractivity contribution in [2.75, 3.05) is 46.9 Å². The zero-order chi connectivity index (χ0) is 12.0. The van der Waals surface area contributed by atoms with Gasteiger partial charge < -0.3 is 10.1 Å². The average molecular weight is 226 g/mol. The fraction of sp³-hybridized carbons (Fsp3) is 0.846. The summed E-state index contributed by atoms with van der Waals surface area (Å²) in [6.07, 6.45) is 3.48. The van der Waals surface area contributed by atoms with Gasteiger partial charge in [0, 0.05) is 33.3 Å². The van der Waals surface area contributed by atoms with Gasteiger partial charge in [0.1, 0.15) is 0 Å². The van der Waals surface area contributed by atoms with Crippen LogP contribution in [0.3, 0.4) is 0 Å². The van der Waals surface area contributed by atoms with Gasteiger partial charge in [0.05, 0.1) is 6.61 Å². The molecular formula is C13H26N2O. The molecule has 94 valence electrons. The molecule has 0 aliphatic carbocycles. The Balaban J connectivity index is 2.36. The van der Waals surface area contributed by atoms with Crippen molar-refractivity contribution in [3.05, 3.63) is 11.6 Å². The molecule has 0 aromatic carbocycles. The van der Waals surface area contributed by atoms with Crippen molar-refractivity contribution in [1.82, 2.24) is 10.2 Å². The number of hydrogen-bond donors (Lipinski definition) is 1. The van der Waals surface area contributed by atoms with Crippen LogP contribution in [-0.2, 0) is 4.74 Å². The topological polar surface area (TPSA) is 24.5 Å². The van der Waals surface area contributed by atoms with E-state index in [-0.39, 0.29) is 0 Å². The third-order valence-electron chi connectivity index (χ3n) is 3.02. The first kappa shape index (κ1) is 13.7. The van der Waals surface area contributed by atoms with E-state index < -0.39 is 0 Å². The molecule has 1 heterocycles. The molecule has 1 N–H and O–H groups in total. The van der Waals surface area contributed by atoms with Crippen LogP contribution >= 0.6 is 0 Å². The lowest BCUT2D eigenvalue weighted by Gasteiger charge is -2.34. The third kappa shape index (κ3) is 4.64. The van der Waals surface area contributed by atoms with Crippen molar-refractivity contribution < 1.29 is 4.74 Å². The van der Waals surface area contributed by atoms with Crippen LogP contribution in [0.1, 0.15) is 20.3 Å². The monoisotopic (exact) mass is 226 g/mol. The standard InChI is InChI=1S/C13H26N2O/c1-13(2,10-14-3)11-15-7-5-12(6-8-15)9-16-4/h5,14H,6-11H2,1-4H3. The molecule has 0 aromatic rings. The summed E-state index contributed by atoms with van der Waals surface area (Å²) in [4.78, 5) is 2.52. The molecule has 1 aliphatic heterocycles. The summed E-state index contributed by atoms with van der Waals surface area (Å²) in [5.74, 6) is 0. The quantitative estimate of drug-likeness (QED) is 0.695. The number of hydrogen-bond acceptors (Lipinski definition) is 3. The Hall–Kier alpha value is -0.380. The van der Waals surface area contributed by atoms with Crippen molar-refractivity contribution in [3.8, 4) is 0 Å². The highest BCUT2D eigenvalue weighted by atomic mass is 16.5. The SMILES string of the molecule is CNCC(C)(C)CN1CC=C(COC)CC1. The van der Waals surface area contributed by atoms with Gasteiger partial charge in [-0.3, -0.25) is 4.90 Å². The lowest BCUT2D eigenvalue weighted by molar-refractivity contribution is 0.175. The predicted molar refractivity (Wildman–Crippen MR) is 68.7 cm³/mol. The number of methoxy groups -OCH3 is 1. The minimum absolute atomic E-state index is 0.349. The Morgan fingerprint density at radius 1 is 1.50 bits per heavy atom. The first-order chi connectivity index (χ1) is 7.57. The van der Waals surface area contributed by atoms with Gasteiger partial charge in [0.2, 0.25) is 0 Å². The highest BCUT2D eigenvalue weighted by molar-refractivity contribution is 5.07. The van der Waals surface area contributed by atoms with E-state index in [0.717, 1.165) is 32.7 Å². The van der Waals surface area contributed by atoms with Gasteiger partial charge in [0.25, 0.3) is 0 Å². The third-order valence-corrected chi connectivity index (χ3v) is 3.02. The van der Waals surface area contributed by atoms with Gasteiger partial charge in [-0.15, -0.1) is 0 Å². The van der Waals surface area contributed by atoms with Gasteiger partial charge in [0.15, 0.2) is 0 Å². The number of rotatable bonds is 6. The first-order valence-corrected chi connectivity index (χ1v) is 6.11. The van der Waals surface area contributed by atoms with E-state index in [4.69, 9.17) is 4.74 Å². The van der Waals surface area contributed by atoms with E-state index >= 15 is 0 Å². The van der Waals surface area contributed by atoms with Crippen LogP contribution < -0.4 is 5.32 Å². The van der Waals surface area contributed by atoms with E-state index in [9.17, 15) is 0 Å². The Kier molecular flexibility index (Phi) is 5.46. The molecule has 3 heteroatoms. The normalized spacial score (nSPS) is 18.6. The molecule has 1 rings (SSSR count). The van der Waals surface area contributed by atoms with Gasteiger partial charge >= 0.3 is 0 Å². The second kappa shape index (κ2) is 6.38. The molecule has 3 nitrogen and oxygen atoms in total. The zero-order valence-electron chi connectivity index (χ0n) is 11.2. The Bertz CT molecular complexity index is 236. The van der Waals surface area contributed by atoms with Crippen LogP contribution in [0.15, 0.2) is 11.6 Å². The molecule has 0 fully saturated rings. The second-order valence-corrected chi connectivity index (χ2v) is 5.48. The van der Waals surface area contributed by atoms with Crippen molar-refractivity contribution >= 4 is 0 Å². The molecule has 0 atom stereocenters. The summed E-state index contributed by atoms with van der Waals surface area (Å²) in [6.45, 7) is 9.90. The van der Waals surface area contributed by atoms with Crippen molar-refractivity contribution in [1.29, 1.82) is 0 Å². The maximum Gasteiger partial charge on any atom is 0.0673 e. The Morgan fingerprint density at radius 3 is 2.75 bits per heavy atom. The molecule has 0 aromatic heterocycles. The van der Waals surface area contributed by atoms with Crippen LogP contribution in [0.5, 0.6) is 0 Å². The molecule has 0 unspecified atom stereocenters. The van der Waals surface area contributed by atoms with Gasteiger partial charge in [-0.2, -0.15) is 0 Å². The summed E-state index contributed by atoms with van der Waals surface area (Å²) in [7, 11) is 3.79. The summed E-state index contributed by atoms with van der Waals surface area (Å²) >= 11 is 0. The van der Waals surface area contributed by atoms with Crippen molar-refractivity contribution in [3.63, 3.8) is 0 Å². The maximum atomic E-state index is 5.16. The van der Waals surface area contributed by atoms with Crippen LogP contribution in [0, 0.1) is 5.41 Å². The average Bonchev–Trinajstić information content (AvgIpc) is 2.21. The summed E-state index contributed by atoms with van der Waals surface area (Å²) in [5.41, 5.74) is 1.80. The lowest BCUT2D eigenvalue weighted by Crippen LogP contribution is -2.41. The molecule has 0 radical (unpaired) electrons. The molecule has 0 amide bonds. The van der Waals surface area contributed by atoms with E-state index in [1.165, 1.54) is 12.1 Å². The zero-order valence-corrected chi connectivity index (χ0v) is 11.2. The van der Waals surface area contributed by atoms with Crippen molar-refractivity contribution in [2.24, 2.45) is 5.41 Å². The van der Waals surface area contributed by atoms with E-state index in [2.05, 4.69) is 30.1 Å². The maximum absolute atomic E-state index is 5.16. The van der Waals surface area contributed by atoms with Crippen LogP contribution in [0.25, 0.3) is 0 Å². The highest BCUT2D eigenvalue weighted by Gasteiger charge is 2.22. The van der Waals surface area contributed by atoms with Gasteiger partial charge in [-0.05, 0) is 24.5 Å². The molecule has 0 spiro atoms. The van der Waals surface area contributed by atoms with E-state index in [1.807, 2.05) is 7.05 Å². The summed E-state index contributed by atoms with van der Waals surface area (Å²) < 4.78 is 5.16. The fourth-order valence-corrected chi connectivity index (χ4v) is 2.35. The van der Waals surface area contributed by atoms with E-state index in [0.29, 0.717) is 5.41 Å². The molecule has 0 saturated heterocycles. The number of nitrogens with zero attached hydrogens (tertiary/aromatic N) is 1. The second-order valence-electron chi connectivity index (χ2n) is 5.48. The fourth-order valence-electron chi connectivity index (χ4n) is 2.35. The predicted octanol–water partition coefficient (Wildman–Crippen LogP) is 1.51. The lowest BCUT2D eigenvalue weighted by atomic mass is 9.92. The molecule has 16 heavy (non-hydrogen) atoms. The molecule has 0 saturated carbocycles. The Labute approximate surface area is 99.8 Å². The smallest absolute Gasteiger partial charge is 0.0673 e. The Morgan fingerprint density at radius 2 is 2.25 bits per heavy atom. The summed E-state index contributed by atoms with van der Waals surface area (Å²) in [6, 6.07) is 0. The number of nitrogens with one attached hydrogen (secondary N) is 1. The minimum Gasteiger partial charge on any atom is -0.380 e. The molecule has 1 aliphatic rings. The molecular weight excluding hydrogens is 200 g/mol. The first-order valence-electron chi connectivity index (χ1n) is 6.11. The molecule has 0 bridgehead atoms. The van der Waals surface area contributed by atoms with Crippen LogP contribution in [-0.4, -0.2) is 51.8 Å². The highest BCUT2D eigenvalue weighted by Crippen LogP contribution is 2.19.